The number of sulfonamides is 1. The normalized spacial score (nSPS) is 22.1. The molecule has 0 aliphatic carbocycles. The maximum absolute atomic E-state index is 12.0. The Morgan fingerprint density at radius 2 is 1.81 bits per heavy atom. The molecule has 0 atom stereocenters. The van der Waals surface area contributed by atoms with Crippen LogP contribution in [0.4, 0.5) is 0 Å². The van der Waals surface area contributed by atoms with Crippen molar-refractivity contribution >= 4 is 16.0 Å². The van der Waals surface area contributed by atoms with Crippen LogP contribution >= 0.6 is 0 Å². The van der Waals surface area contributed by atoms with Gasteiger partial charge in [-0.2, -0.15) is 0 Å². The van der Waals surface area contributed by atoms with Gasteiger partial charge >= 0.3 is 0 Å². The van der Waals surface area contributed by atoms with Gasteiger partial charge in [0.2, 0.25) is 10.0 Å². The van der Waals surface area contributed by atoms with Gasteiger partial charge in [0.25, 0.3) is 0 Å². The number of ether oxygens (including phenoxy) is 1. The van der Waals surface area contributed by atoms with Crippen LogP contribution in [0.15, 0.2) is 4.99 Å². The number of methoxy groups -OCH3 is 1. The van der Waals surface area contributed by atoms with Gasteiger partial charge < -0.3 is 20.3 Å². The number of guanidine groups is 1. The first-order chi connectivity index (χ1) is 13.0. The Morgan fingerprint density at radius 1 is 1.15 bits per heavy atom. The van der Waals surface area contributed by atoms with Crippen LogP contribution in [0.2, 0.25) is 0 Å². The Balaban J connectivity index is 1.67. The zero-order chi connectivity index (χ0) is 19.7. The molecule has 0 amide bonds. The number of aliphatic imine (C=N–C) groups is 1. The molecule has 2 rings (SSSR count). The van der Waals surface area contributed by atoms with Crippen molar-refractivity contribution in [3.63, 3.8) is 0 Å². The highest BCUT2D eigenvalue weighted by atomic mass is 32.2. The van der Waals surface area contributed by atoms with Gasteiger partial charge in [-0.3, -0.25) is 4.99 Å². The van der Waals surface area contributed by atoms with Crippen molar-refractivity contribution in [2.45, 2.75) is 38.6 Å². The number of rotatable bonds is 8. The fourth-order valence-corrected chi connectivity index (χ4v) is 4.86. The highest BCUT2D eigenvalue weighted by molar-refractivity contribution is 7.89. The third-order valence-electron chi connectivity index (χ3n) is 5.65. The van der Waals surface area contributed by atoms with E-state index in [0.717, 1.165) is 51.6 Å². The summed E-state index contributed by atoms with van der Waals surface area (Å²) in [6.45, 7) is 7.90. The summed E-state index contributed by atoms with van der Waals surface area (Å²) in [6.07, 6.45) is 4.03. The minimum atomic E-state index is -3.07. The summed E-state index contributed by atoms with van der Waals surface area (Å²) in [4.78, 5) is 6.81. The summed E-state index contributed by atoms with van der Waals surface area (Å²) < 4.78 is 30.7. The minimum absolute atomic E-state index is 0.179. The maximum atomic E-state index is 12.0. The smallest absolute Gasteiger partial charge is 0.213 e. The van der Waals surface area contributed by atoms with Gasteiger partial charge in [-0.25, -0.2) is 12.7 Å². The van der Waals surface area contributed by atoms with Crippen LogP contribution in [-0.2, 0) is 14.8 Å². The molecular formula is C18H37N5O3S. The van der Waals surface area contributed by atoms with Gasteiger partial charge in [-0.1, -0.05) is 0 Å². The van der Waals surface area contributed by atoms with Crippen LogP contribution in [0.1, 0.15) is 32.6 Å². The molecule has 0 saturated carbocycles. The summed E-state index contributed by atoms with van der Waals surface area (Å²) >= 11 is 0. The highest BCUT2D eigenvalue weighted by Gasteiger charge is 2.27. The van der Waals surface area contributed by atoms with Crippen molar-refractivity contribution in [1.29, 1.82) is 0 Å². The number of hydrogen-bond donors (Lipinski definition) is 2. The lowest BCUT2D eigenvalue weighted by atomic mass is 9.97. The minimum Gasteiger partial charge on any atom is -0.383 e. The van der Waals surface area contributed by atoms with Crippen LogP contribution in [0.5, 0.6) is 0 Å². The predicted octanol–water partition coefficient (Wildman–Crippen LogP) is 0.324. The van der Waals surface area contributed by atoms with Crippen molar-refractivity contribution in [1.82, 2.24) is 19.8 Å². The molecule has 2 fully saturated rings. The number of likely N-dealkylation sites (tertiary alicyclic amines) is 1. The molecular weight excluding hydrogens is 366 g/mol. The topological polar surface area (TPSA) is 86.3 Å². The number of nitrogens with zero attached hydrogens (tertiary/aromatic N) is 3. The molecule has 0 radical (unpaired) electrons. The van der Waals surface area contributed by atoms with Gasteiger partial charge in [0.15, 0.2) is 5.96 Å². The molecule has 2 aliphatic heterocycles. The van der Waals surface area contributed by atoms with Gasteiger partial charge in [0.1, 0.15) is 0 Å². The van der Waals surface area contributed by atoms with Gasteiger partial charge in [0.05, 0.1) is 12.4 Å². The van der Waals surface area contributed by atoms with E-state index in [1.54, 1.807) is 25.4 Å². The van der Waals surface area contributed by atoms with E-state index < -0.39 is 10.0 Å². The first-order valence-electron chi connectivity index (χ1n) is 10.1. The van der Waals surface area contributed by atoms with Gasteiger partial charge in [0, 0.05) is 46.4 Å². The van der Waals surface area contributed by atoms with Crippen LogP contribution in [0.3, 0.4) is 0 Å². The number of piperidine rings is 2. The first kappa shape index (κ1) is 22.4. The fraction of sp³-hybridized carbons (Fsp3) is 0.944. The van der Waals surface area contributed by atoms with E-state index in [0.29, 0.717) is 19.0 Å². The molecule has 27 heavy (non-hydrogen) atoms. The van der Waals surface area contributed by atoms with Crippen LogP contribution in [-0.4, -0.2) is 95.4 Å². The van der Waals surface area contributed by atoms with Gasteiger partial charge in [-0.05, 0) is 51.6 Å². The van der Waals surface area contributed by atoms with Gasteiger partial charge in [-0.15, -0.1) is 0 Å². The third kappa shape index (κ3) is 7.21. The molecule has 0 aromatic carbocycles. The van der Waals surface area contributed by atoms with E-state index in [9.17, 15) is 8.42 Å². The molecule has 8 nitrogen and oxygen atoms in total. The molecule has 2 aliphatic rings. The average Bonchev–Trinajstić information content (AvgIpc) is 2.70. The Morgan fingerprint density at radius 3 is 2.37 bits per heavy atom. The Kier molecular flexibility index (Phi) is 9.28. The summed E-state index contributed by atoms with van der Waals surface area (Å²) in [6, 6.07) is 0.274. The lowest BCUT2D eigenvalue weighted by molar-refractivity contribution is 0.121. The largest absolute Gasteiger partial charge is 0.383 e. The molecule has 2 heterocycles. The molecule has 0 aromatic heterocycles. The van der Waals surface area contributed by atoms with Crippen molar-refractivity contribution in [2.24, 2.45) is 10.9 Å². The molecule has 158 valence electrons. The molecule has 2 saturated heterocycles. The lowest BCUT2D eigenvalue weighted by Gasteiger charge is -2.33. The Hall–Kier alpha value is -0.900. The zero-order valence-electron chi connectivity index (χ0n) is 17.1. The molecule has 0 spiro atoms. The lowest BCUT2D eigenvalue weighted by Crippen LogP contribution is -2.51. The summed E-state index contributed by atoms with van der Waals surface area (Å²) in [5, 5.41) is 6.92. The standard InChI is InChI=1S/C18H37N5O3S/c1-4-27(24,25)23-11-7-17(8-12-23)21-18(19-2)20-15-16-5-9-22(10-6-16)13-14-26-3/h16-17H,4-15H2,1-3H3,(H2,19,20,21). The second kappa shape index (κ2) is 11.2. The zero-order valence-corrected chi connectivity index (χ0v) is 17.9. The monoisotopic (exact) mass is 403 g/mol. The third-order valence-corrected chi connectivity index (χ3v) is 7.54. The maximum Gasteiger partial charge on any atom is 0.213 e. The Bertz CT molecular complexity index is 553. The van der Waals surface area contributed by atoms with E-state index >= 15 is 0 Å². The van der Waals surface area contributed by atoms with E-state index in [1.807, 2.05) is 0 Å². The van der Waals surface area contributed by atoms with Crippen molar-refractivity contribution in [3.05, 3.63) is 0 Å². The summed E-state index contributed by atoms with van der Waals surface area (Å²) in [5.74, 6) is 1.67. The van der Waals surface area contributed by atoms with E-state index in [2.05, 4.69) is 20.5 Å². The van der Waals surface area contributed by atoms with E-state index in [4.69, 9.17) is 4.74 Å². The summed E-state index contributed by atoms with van der Waals surface area (Å²) in [7, 11) is 0.477. The first-order valence-corrected chi connectivity index (χ1v) is 11.8. The predicted molar refractivity (Wildman–Crippen MR) is 110 cm³/mol. The number of hydrogen-bond acceptors (Lipinski definition) is 5. The quantitative estimate of drug-likeness (QED) is 0.449. The summed E-state index contributed by atoms with van der Waals surface area (Å²) in [5.41, 5.74) is 0. The molecule has 0 bridgehead atoms. The Labute approximate surface area is 164 Å². The van der Waals surface area contributed by atoms with Crippen LogP contribution in [0, 0.1) is 5.92 Å². The highest BCUT2D eigenvalue weighted by Crippen LogP contribution is 2.16. The number of nitrogens with one attached hydrogen (secondary N) is 2. The van der Waals surface area contributed by atoms with Crippen molar-refractivity contribution in [3.8, 4) is 0 Å². The average molecular weight is 404 g/mol. The molecule has 9 heteroatoms. The fourth-order valence-electron chi connectivity index (χ4n) is 3.72. The second-order valence-corrected chi connectivity index (χ2v) is 9.71. The molecule has 0 unspecified atom stereocenters. The van der Waals surface area contributed by atoms with Crippen molar-refractivity contribution < 1.29 is 13.2 Å². The van der Waals surface area contributed by atoms with Crippen molar-refractivity contribution in [2.75, 3.05) is 65.8 Å². The van der Waals surface area contributed by atoms with E-state index in [1.165, 1.54) is 12.8 Å². The van der Waals surface area contributed by atoms with Crippen LogP contribution < -0.4 is 10.6 Å². The molecule has 2 N–H and O–H groups in total. The second-order valence-electron chi connectivity index (χ2n) is 7.45. The molecule has 0 aromatic rings. The SMILES string of the molecule is CCS(=O)(=O)N1CCC(NC(=NC)NCC2CCN(CCOC)CC2)CC1. The van der Waals surface area contributed by atoms with Crippen LogP contribution in [0.25, 0.3) is 0 Å². The van der Waals surface area contributed by atoms with E-state index in [-0.39, 0.29) is 11.8 Å².